The molecule has 2 aromatic rings. The number of carboxylic acid groups (broad SMARTS) is 1. The number of benzene rings is 2. The molecule has 0 radical (unpaired) electrons. The van der Waals surface area contributed by atoms with Gasteiger partial charge in [-0.05, 0) is 30.7 Å². The Kier molecular flexibility index (Phi) is 7.50. The minimum absolute atomic E-state index is 0.0969. The maximum Gasteiger partial charge on any atom is 0.308 e. The second-order valence-corrected chi connectivity index (χ2v) is 8.30. The molecule has 0 atom stereocenters. The molecule has 1 heterocycles. The number of unbranched alkanes of at least 4 members (excludes halogenated alkanes) is 3. The zero-order chi connectivity index (χ0) is 21.7. The Morgan fingerprint density at radius 2 is 1.60 bits per heavy atom. The van der Waals surface area contributed by atoms with Gasteiger partial charge >= 0.3 is 5.97 Å². The highest BCUT2D eigenvalue weighted by Gasteiger charge is 2.30. The van der Waals surface area contributed by atoms with Gasteiger partial charge in [0, 0.05) is 34.0 Å². The molecule has 6 nitrogen and oxygen atoms in total. The lowest BCUT2D eigenvalue weighted by molar-refractivity contribution is -0.136. The number of hydrogen-bond donors (Lipinski definition) is 2. The quantitative estimate of drug-likeness (QED) is 0.515. The number of methoxy groups -OCH3 is 2. The first kappa shape index (κ1) is 22.3. The van der Waals surface area contributed by atoms with E-state index in [2.05, 4.69) is 17.9 Å². The number of hydrogen-bond acceptors (Lipinski definition) is 6. The summed E-state index contributed by atoms with van der Waals surface area (Å²) in [6.45, 7) is 3.40. The molecule has 0 bridgehead atoms. The molecule has 162 valence electrons. The van der Waals surface area contributed by atoms with E-state index in [1.54, 1.807) is 26.0 Å². The lowest BCUT2D eigenvalue weighted by Crippen LogP contribution is -2.24. The highest BCUT2D eigenvalue weighted by Crippen LogP contribution is 2.54. The first-order valence-corrected chi connectivity index (χ1v) is 11.1. The Labute approximate surface area is 182 Å². The largest absolute Gasteiger partial charge is 0.496 e. The molecule has 0 fully saturated rings. The molecule has 0 aliphatic carbocycles. The number of carbonyl (C=O) groups is 1. The third-order valence-corrected chi connectivity index (χ3v) is 6.71. The van der Waals surface area contributed by atoms with E-state index in [4.69, 9.17) is 15.2 Å². The molecule has 1 aliphatic rings. The predicted molar refractivity (Wildman–Crippen MR) is 120 cm³/mol. The van der Waals surface area contributed by atoms with Crippen molar-refractivity contribution in [2.45, 2.75) is 55.4 Å². The molecule has 0 saturated carbocycles. The fourth-order valence-corrected chi connectivity index (χ4v) is 5.28. The van der Waals surface area contributed by atoms with Crippen LogP contribution in [0, 0.1) is 0 Å². The van der Waals surface area contributed by atoms with Crippen molar-refractivity contribution in [1.29, 1.82) is 0 Å². The van der Waals surface area contributed by atoms with Gasteiger partial charge in [-0.1, -0.05) is 37.9 Å². The van der Waals surface area contributed by atoms with Crippen LogP contribution in [0.2, 0.25) is 0 Å². The zero-order valence-corrected chi connectivity index (χ0v) is 18.7. The Morgan fingerprint density at radius 1 is 1.00 bits per heavy atom. The van der Waals surface area contributed by atoms with Crippen molar-refractivity contribution in [2.75, 3.05) is 25.7 Å². The van der Waals surface area contributed by atoms with Crippen LogP contribution in [0.15, 0.2) is 34.1 Å². The van der Waals surface area contributed by atoms with Crippen molar-refractivity contribution < 1.29 is 19.4 Å². The summed E-state index contributed by atoms with van der Waals surface area (Å²) in [4.78, 5) is 15.8. The first-order chi connectivity index (χ1) is 14.5. The fraction of sp³-hybridized carbons (Fsp3) is 0.435. The van der Waals surface area contributed by atoms with Gasteiger partial charge in [-0.25, -0.2) is 0 Å². The summed E-state index contributed by atoms with van der Waals surface area (Å²) in [5, 5.41) is 9.51. The maximum absolute atomic E-state index is 11.6. The molecule has 0 spiro atoms. The summed E-state index contributed by atoms with van der Waals surface area (Å²) >= 11 is 1.56. The highest BCUT2D eigenvalue weighted by molar-refractivity contribution is 7.99. The van der Waals surface area contributed by atoms with Gasteiger partial charge in [-0.3, -0.25) is 4.79 Å². The molecular formula is C23H30N2O4S. The van der Waals surface area contributed by atoms with Crippen molar-refractivity contribution in [3.63, 3.8) is 0 Å². The zero-order valence-electron chi connectivity index (χ0n) is 17.9. The minimum atomic E-state index is -0.882. The van der Waals surface area contributed by atoms with Crippen LogP contribution in [0.4, 0.5) is 11.4 Å². The third-order valence-electron chi connectivity index (χ3n) is 5.39. The van der Waals surface area contributed by atoms with E-state index in [-0.39, 0.29) is 6.42 Å². The molecule has 2 aromatic carbocycles. The molecule has 3 N–H and O–H groups in total. The Morgan fingerprint density at radius 3 is 2.13 bits per heavy atom. The van der Waals surface area contributed by atoms with E-state index in [1.807, 2.05) is 18.2 Å². The second-order valence-electron chi connectivity index (χ2n) is 7.28. The summed E-state index contributed by atoms with van der Waals surface area (Å²) < 4.78 is 11.1. The second kappa shape index (κ2) is 10.1. The number of aliphatic carboxylic acids is 1. The number of nitrogens with two attached hydrogens (primary N) is 1. The van der Waals surface area contributed by atoms with Crippen LogP contribution >= 0.6 is 11.8 Å². The smallest absolute Gasteiger partial charge is 0.308 e. The number of fused-ring (bicyclic) bond motifs is 2. The van der Waals surface area contributed by atoms with Crippen LogP contribution in [0.25, 0.3) is 0 Å². The molecule has 0 saturated heterocycles. The first-order valence-electron chi connectivity index (χ1n) is 10.3. The van der Waals surface area contributed by atoms with E-state index in [1.165, 1.54) is 12.8 Å². The van der Waals surface area contributed by atoms with Crippen molar-refractivity contribution in [3.05, 3.63) is 35.4 Å². The standard InChI is InChI=1S/C23H30N2O4S/c1-4-5-6-7-12-25-17-8-10-19(28-2)15(13-21(26)27)22(17)30-23-16(14-24)20(29-3)11-9-18(23)25/h8-11H,4-7,12-14,24H2,1-3H3,(H,26,27). The molecule has 0 amide bonds. The average molecular weight is 431 g/mol. The monoisotopic (exact) mass is 430 g/mol. The molecule has 3 rings (SSSR count). The van der Waals surface area contributed by atoms with Gasteiger partial charge in [-0.15, -0.1) is 0 Å². The topological polar surface area (TPSA) is 85.0 Å². The van der Waals surface area contributed by atoms with Crippen LogP contribution in [0.5, 0.6) is 11.5 Å². The van der Waals surface area contributed by atoms with E-state index >= 15 is 0 Å². The lowest BCUT2D eigenvalue weighted by Gasteiger charge is -2.35. The van der Waals surface area contributed by atoms with E-state index in [0.717, 1.165) is 51.9 Å². The van der Waals surface area contributed by atoms with Gasteiger partial charge in [0.2, 0.25) is 0 Å². The van der Waals surface area contributed by atoms with Gasteiger partial charge < -0.3 is 25.2 Å². The molecule has 1 aliphatic heterocycles. The SMILES string of the molecule is CCCCCCN1c2ccc(OC)c(CN)c2Sc2c1ccc(OC)c2CC(=O)O. The van der Waals surface area contributed by atoms with Crippen molar-refractivity contribution in [1.82, 2.24) is 0 Å². The fourth-order valence-electron chi connectivity index (χ4n) is 3.91. The van der Waals surface area contributed by atoms with E-state index in [0.29, 0.717) is 17.9 Å². The Balaban J connectivity index is 2.15. The van der Waals surface area contributed by atoms with Crippen LogP contribution in [0.1, 0.15) is 43.7 Å². The van der Waals surface area contributed by atoms with Crippen molar-refractivity contribution in [2.24, 2.45) is 5.73 Å². The summed E-state index contributed by atoms with van der Waals surface area (Å²) in [5.74, 6) is 0.461. The molecule has 0 unspecified atom stereocenters. The van der Waals surface area contributed by atoms with Crippen LogP contribution in [0.3, 0.4) is 0 Å². The Bertz CT molecular complexity index is 917. The van der Waals surface area contributed by atoms with E-state index < -0.39 is 5.97 Å². The molecule has 7 heteroatoms. The van der Waals surface area contributed by atoms with Crippen LogP contribution in [-0.4, -0.2) is 31.8 Å². The van der Waals surface area contributed by atoms with Gasteiger partial charge in [0.1, 0.15) is 11.5 Å². The summed E-state index contributed by atoms with van der Waals surface area (Å²) in [6.07, 6.45) is 4.49. The van der Waals surface area contributed by atoms with Crippen molar-refractivity contribution in [3.8, 4) is 11.5 Å². The molecule has 0 aromatic heterocycles. The van der Waals surface area contributed by atoms with Gasteiger partial charge in [-0.2, -0.15) is 0 Å². The summed E-state index contributed by atoms with van der Waals surface area (Å²) in [5.41, 5.74) is 9.85. The summed E-state index contributed by atoms with van der Waals surface area (Å²) in [7, 11) is 3.22. The summed E-state index contributed by atoms with van der Waals surface area (Å²) in [6, 6.07) is 7.94. The maximum atomic E-state index is 11.6. The normalized spacial score (nSPS) is 12.3. The number of anilines is 2. The van der Waals surface area contributed by atoms with Gasteiger partial charge in [0.25, 0.3) is 0 Å². The number of rotatable bonds is 10. The third kappa shape index (κ3) is 4.37. The van der Waals surface area contributed by atoms with Crippen molar-refractivity contribution >= 4 is 29.1 Å². The van der Waals surface area contributed by atoms with Crippen LogP contribution < -0.4 is 20.1 Å². The lowest BCUT2D eigenvalue weighted by atomic mass is 10.1. The highest BCUT2D eigenvalue weighted by atomic mass is 32.2. The Hall–Kier alpha value is -2.38. The molecular weight excluding hydrogens is 400 g/mol. The number of nitrogens with zero attached hydrogens (tertiary/aromatic N) is 1. The van der Waals surface area contributed by atoms with E-state index in [9.17, 15) is 9.90 Å². The number of ether oxygens (including phenoxy) is 2. The average Bonchev–Trinajstić information content (AvgIpc) is 2.75. The van der Waals surface area contributed by atoms with Gasteiger partial charge in [0.15, 0.2) is 0 Å². The minimum Gasteiger partial charge on any atom is -0.496 e. The predicted octanol–water partition coefficient (Wildman–Crippen LogP) is 4.97. The number of carboxylic acids is 1. The van der Waals surface area contributed by atoms with Gasteiger partial charge in [0.05, 0.1) is 32.0 Å². The van der Waals surface area contributed by atoms with Crippen LogP contribution in [-0.2, 0) is 17.8 Å². The molecule has 30 heavy (non-hydrogen) atoms.